The second-order valence-corrected chi connectivity index (χ2v) is 4.16. The first-order valence-corrected chi connectivity index (χ1v) is 6.24. The van der Waals surface area contributed by atoms with Crippen LogP contribution >= 0.6 is 12.4 Å². The van der Waals surface area contributed by atoms with E-state index in [0.29, 0.717) is 6.54 Å². The third kappa shape index (κ3) is 5.52. The van der Waals surface area contributed by atoms with Crippen LogP contribution in [0.4, 0.5) is 0 Å². The van der Waals surface area contributed by atoms with Crippen molar-refractivity contribution < 1.29 is 4.79 Å². The van der Waals surface area contributed by atoms with Gasteiger partial charge in [0.25, 0.3) is 0 Å². The van der Waals surface area contributed by atoms with Gasteiger partial charge in [0.05, 0.1) is 12.6 Å². The van der Waals surface area contributed by atoms with Gasteiger partial charge >= 0.3 is 0 Å². The van der Waals surface area contributed by atoms with E-state index in [4.69, 9.17) is 0 Å². The number of rotatable bonds is 6. The van der Waals surface area contributed by atoms with Gasteiger partial charge in [0, 0.05) is 0 Å². The van der Waals surface area contributed by atoms with Crippen LogP contribution in [0, 0.1) is 0 Å². The molecule has 0 aliphatic rings. The van der Waals surface area contributed by atoms with Crippen molar-refractivity contribution in [3.05, 3.63) is 35.9 Å². The number of nitrogens with one attached hydrogen (secondary N) is 1. The molecule has 0 saturated carbocycles. The summed E-state index contributed by atoms with van der Waals surface area (Å²) >= 11 is 0. The highest BCUT2D eigenvalue weighted by Gasteiger charge is 2.11. The predicted octanol–water partition coefficient (Wildman–Crippen LogP) is 2.63. The van der Waals surface area contributed by atoms with Gasteiger partial charge in [0.15, 0.2) is 0 Å². The molecule has 1 N–H and O–H groups in total. The number of hydrogen-bond acceptors (Lipinski definition) is 2. The lowest BCUT2D eigenvalue weighted by atomic mass is 10.1. The van der Waals surface area contributed by atoms with Crippen LogP contribution in [0.5, 0.6) is 0 Å². The summed E-state index contributed by atoms with van der Waals surface area (Å²) in [6.07, 6.45) is 0. The number of amides is 1. The fourth-order valence-corrected chi connectivity index (χ4v) is 1.76. The molecule has 0 aromatic heterocycles. The van der Waals surface area contributed by atoms with Crippen LogP contribution < -0.4 is 5.32 Å². The molecule has 0 bridgehead atoms. The summed E-state index contributed by atoms with van der Waals surface area (Å²) in [5, 5.41) is 3.01. The summed E-state index contributed by atoms with van der Waals surface area (Å²) in [5.74, 6) is 0.0880. The van der Waals surface area contributed by atoms with Gasteiger partial charge in [-0.25, -0.2) is 0 Å². The number of likely N-dealkylation sites (N-methyl/N-ethyl adjacent to an activating group) is 1. The van der Waals surface area contributed by atoms with Crippen molar-refractivity contribution in [1.29, 1.82) is 0 Å². The second kappa shape index (κ2) is 8.95. The highest BCUT2D eigenvalue weighted by Crippen LogP contribution is 2.10. The molecule has 1 aromatic rings. The van der Waals surface area contributed by atoms with Crippen molar-refractivity contribution in [2.45, 2.75) is 26.8 Å². The minimum absolute atomic E-state index is 0. The SMILES string of the molecule is CCN(CC)CC(=O)NC(C)c1ccccc1.Cl. The fraction of sp³-hybridized carbons (Fsp3) is 0.500. The van der Waals surface area contributed by atoms with E-state index < -0.39 is 0 Å². The van der Waals surface area contributed by atoms with E-state index >= 15 is 0 Å². The van der Waals surface area contributed by atoms with Gasteiger partial charge in [0.1, 0.15) is 0 Å². The van der Waals surface area contributed by atoms with Crippen molar-refractivity contribution in [1.82, 2.24) is 10.2 Å². The third-order valence-corrected chi connectivity index (χ3v) is 2.94. The monoisotopic (exact) mass is 270 g/mol. The highest BCUT2D eigenvalue weighted by atomic mass is 35.5. The molecule has 1 unspecified atom stereocenters. The van der Waals surface area contributed by atoms with Gasteiger partial charge in [0.2, 0.25) is 5.91 Å². The van der Waals surface area contributed by atoms with Crippen molar-refractivity contribution >= 4 is 18.3 Å². The summed E-state index contributed by atoms with van der Waals surface area (Å²) < 4.78 is 0. The molecule has 18 heavy (non-hydrogen) atoms. The number of hydrogen-bond donors (Lipinski definition) is 1. The van der Waals surface area contributed by atoms with Crippen molar-refractivity contribution in [2.75, 3.05) is 19.6 Å². The summed E-state index contributed by atoms with van der Waals surface area (Å²) in [6.45, 7) is 8.43. The van der Waals surface area contributed by atoms with E-state index in [0.717, 1.165) is 18.7 Å². The molecular formula is C14H23ClN2O. The van der Waals surface area contributed by atoms with E-state index in [1.807, 2.05) is 37.3 Å². The Kier molecular flexibility index (Phi) is 8.42. The molecule has 0 radical (unpaired) electrons. The Labute approximate surface area is 116 Å². The van der Waals surface area contributed by atoms with Crippen LogP contribution in [0.15, 0.2) is 30.3 Å². The van der Waals surface area contributed by atoms with Crippen molar-refractivity contribution in [2.24, 2.45) is 0 Å². The van der Waals surface area contributed by atoms with Crippen LogP contribution in [-0.4, -0.2) is 30.4 Å². The Morgan fingerprint density at radius 3 is 2.28 bits per heavy atom. The molecule has 3 nitrogen and oxygen atoms in total. The van der Waals surface area contributed by atoms with Gasteiger partial charge in [-0.05, 0) is 25.6 Å². The largest absolute Gasteiger partial charge is 0.348 e. The first kappa shape index (κ1) is 16.9. The number of carbonyl (C=O) groups excluding carboxylic acids is 1. The minimum Gasteiger partial charge on any atom is -0.348 e. The molecule has 102 valence electrons. The molecule has 1 aromatic carbocycles. The Balaban J connectivity index is 0.00000289. The smallest absolute Gasteiger partial charge is 0.234 e. The number of halogens is 1. The third-order valence-electron chi connectivity index (χ3n) is 2.94. The summed E-state index contributed by atoms with van der Waals surface area (Å²) in [5.41, 5.74) is 1.14. The lowest BCUT2D eigenvalue weighted by molar-refractivity contribution is -0.122. The van der Waals surface area contributed by atoms with Gasteiger partial charge in [-0.2, -0.15) is 0 Å². The summed E-state index contributed by atoms with van der Waals surface area (Å²) in [6, 6.07) is 10.1. The zero-order valence-corrected chi connectivity index (χ0v) is 12.2. The molecule has 4 heteroatoms. The molecule has 0 spiro atoms. The quantitative estimate of drug-likeness (QED) is 0.862. The molecule has 1 rings (SSSR count). The van der Waals surface area contributed by atoms with Gasteiger partial charge in [-0.15, -0.1) is 12.4 Å². The van der Waals surface area contributed by atoms with Crippen LogP contribution in [0.1, 0.15) is 32.4 Å². The molecular weight excluding hydrogens is 248 g/mol. The van der Waals surface area contributed by atoms with E-state index in [2.05, 4.69) is 24.1 Å². The summed E-state index contributed by atoms with van der Waals surface area (Å²) in [7, 11) is 0. The van der Waals surface area contributed by atoms with E-state index in [-0.39, 0.29) is 24.4 Å². The maximum atomic E-state index is 11.8. The number of carbonyl (C=O) groups is 1. The van der Waals surface area contributed by atoms with Crippen LogP contribution in [-0.2, 0) is 4.79 Å². The normalized spacial score (nSPS) is 11.8. The molecule has 1 atom stereocenters. The molecule has 0 aliphatic carbocycles. The Morgan fingerprint density at radius 2 is 1.78 bits per heavy atom. The standard InChI is InChI=1S/C14H22N2O.ClH/c1-4-16(5-2)11-14(17)15-12(3)13-9-7-6-8-10-13;/h6-10,12H,4-5,11H2,1-3H3,(H,15,17);1H. The maximum absolute atomic E-state index is 11.8. The average Bonchev–Trinajstić information content (AvgIpc) is 2.37. The van der Waals surface area contributed by atoms with E-state index in [1.54, 1.807) is 0 Å². The Morgan fingerprint density at radius 1 is 1.22 bits per heavy atom. The Bertz CT molecular complexity index is 339. The molecule has 1 amide bonds. The molecule has 0 saturated heterocycles. The second-order valence-electron chi connectivity index (χ2n) is 4.16. The van der Waals surface area contributed by atoms with Crippen LogP contribution in [0.3, 0.4) is 0 Å². The summed E-state index contributed by atoms with van der Waals surface area (Å²) in [4.78, 5) is 13.9. The lowest BCUT2D eigenvalue weighted by Crippen LogP contribution is -2.38. The van der Waals surface area contributed by atoms with Crippen molar-refractivity contribution in [3.63, 3.8) is 0 Å². The average molecular weight is 271 g/mol. The van der Waals surface area contributed by atoms with Crippen LogP contribution in [0.25, 0.3) is 0 Å². The van der Waals surface area contributed by atoms with Crippen molar-refractivity contribution in [3.8, 4) is 0 Å². The van der Waals surface area contributed by atoms with Crippen LogP contribution in [0.2, 0.25) is 0 Å². The van der Waals surface area contributed by atoms with Gasteiger partial charge in [-0.1, -0.05) is 44.2 Å². The van der Waals surface area contributed by atoms with E-state index in [9.17, 15) is 4.79 Å². The number of nitrogens with zero attached hydrogens (tertiary/aromatic N) is 1. The highest BCUT2D eigenvalue weighted by molar-refractivity contribution is 5.85. The molecule has 0 aliphatic heterocycles. The topological polar surface area (TPSA) is 32.3 Å². The maximum Gasteiger partial charge on any atom is 0.234 e. The minimum atomic E-state index is 0. The first-order valence-electron chi connectivity index (χ1n) is 6.24. The molecule has 0 heterocycles. The van der Waals surface area contributed by atoms with Gasteiger partial charge in [-0.3, -0.25) is 9.69 Å². The Hall–Kier alpha value is -1.06. The lowest BCUT2D eigenvalue weighted by Gasteiger charge is -2.20. The van der Waals surface area contributed by atoms with Gasteiger partial charge < -0.3 is 5.32 Å². The van der Waals surface area contributed by atoms with E-state index in [1.165, 1.54) is 0 Å². The molecule has 0 fully saturated rings. The first-order chi connectivity index (χ1) is 8.17. The number of benzene rings is 1. The zero-order valence-electron chi connectivity index (χ0n) is 11.3. The predicted molar refractivity (Wildman–Crippen MR) is 78.0 cm³/mol. The zero-order chi connectivity index (χ0) is 12.7. The fourth-order valence-electron chi connectivity index (χ4n) is 1.76.